The molecule has 1 amide bonds. The number of anilines is 1. The Morgan fingerprint density at radius 2 is 2.05 bits per heavy atom. The molecule has 0 aliphatic carbocycles. The van der Waals surface area contributed by atoms with Crippen LogP contribution in [0.4, 0.5) is 10.1 Å². The maximum Gasteiger partial charge on any atom is 0.228 e. The summed E-state index contributed by atoms with van der Waals surface area (Å²) in [5.74, 6) is -0.337. The minimum absolute atomic E-state index is 0.0280. The minimum atomic E-state index is -0.309. The number of hydrogen-bond acceptors (Lipinski definition) is 2. The standard InChI is InChI=1S/C14H16FN3O/c1-11-9-16-18(10-11)8-7-14(19)17(2)13-5-3-12(15)4-6-13/h3-6,9-10H,7-8H2,1-2H3. The van der Waals surface area contributed by atoms with E-state index in [4.69, 9.17) is 0 Å². The molecular weight excluding hydrogens is 245 g/mol. The third-order valence-electron chi connectivity index (χ3n) is 2.91. The topological polar surface area (TPSA) is 38.1 Å². The Labute approximate surface area is 111 Å². The smallest absolute Gasteiger partial charge is 0.228 e. The lowest BCUT2D eigenvalue weighted by molar-refractivity contribution is -0.118. The summed E-state index contributed by atoms with van der Waals surface area (Å²) in [6, 6.07) is 5.86. The molecule has 0 bridgehead atoms. The van der Waals surface area contributed by atoms with Crippen molar-refractivity contribution in [2.24, 2.45) is 0 Å². The Bertz CT molecular complexity index is 562. The molecule has 0 atom stereocenters. The molecule has 2 rings (SSSR count). The van der Waals surface area contributed by atoms with E-state index in [1.165, 1.54) is 17.0 Å². The van der Waals surface area contributed by atoms with Crippen molar-refractivity contribution >= 4 is 11.6 Å². The highest BCUT2D eigenvalue weighted by Crippen LogP contribution is 2.14. The Hall–Kier alpha value is -2.17. The van der Waals surface area contributed by atoms with E-state index in [-0.39, 0.29) is 11.7 Å². The maximum atomic E-state index is 12.8. The van der Waals surface area contributed by atoms with E-state index in [9.17, 15) is 9.18 Å². The lowest BCUT2D eigenvalue weighted by Crippen LogP contribution is -2.27. The monoisotopic (exact) mass is 261 g/mol. The number of aryl methyl sites for hydroxylation is 2. The Morgan fingerprint density at radius 1 is 1.37 bits per heavy atom. The summed E-state index contributed by atoms with van der Waals surface area (Å²) in [6.45, 7) is 2.49. The number of halogens is 1. The number of benzene rings is 1. The van der Waals surface area contributed by atoms with Crippen LogP contribution in [0.1, 0.15) is 12.0 Å². The fourth-order valence-corrected chi connectivity index (χ4v) is 1.78. The van der Waals surface area contributed by atoms with Crippen LogP contribution in [0.3, 0.4) is 0 Å². The molecule has 0 aliphatic rings. The van der Waals surface area contributed by atoms with Crippen molar-refractivity contribution < 1.29 is 9.18 Å². The third kappa shape index (κ3) is 3.40. The van der Waals surface area contributed by atoms with Crippen molar-refractivity contribution in [3.63, 3.8) is 0 Å². The van der Waals surface area contributed by atoms with Gasteiger partial charge in [-0.3, -0.25) is 9.48 Å². The highest BCUT2D eigenvalue weighted by molar-refractivity contribution is 5.92. The molecule has 0 unspecified atom stereocenters. The number of carbonyl (C=O) groups excluding carboxylic acids is 1. The molecule has 2 aromatic rings. The molecule has 0 N–H and O–H groups in total. The molecule has 0 fully saturated rings. The highest BCUT2D eigenvalue weighted by atomic mass is 19.1. The quantitative estimate of drug-likeness (QED) is 0.847. The molecule has 1 aromatic heterocycles. The van der Waals surface area contributed by atoms with Crippen LogP contribution in [0.5, 0.6) is 0 Å². The van der Waals surface area contributed by atoms with E-state index in [2.05, 4.69) is 5.10 Å². The lowest BCUT2D eigenvalue weighted by atomic mass is 10.2. The fraction of sp³-hybridized carbons (Fsp3) is 0.286. The van der Waals surface area contributed by atoms with Gasteiger partial charge in [0.25, 0.3) is 0 Å². The second-order valence-corrected chi connectivity index (χ2v) is 4.46. The van der Waals surface area contributed by atoms with E-state index >= 15 is 0 Å². The van der Waals surface area contributed by atoms with Crippen LogP contribution in [0, 0.1) is 12.7 Å². The Morgan fingerprint density at radius 3 is 2.63 bits per heavy atom. The molecule has 100 valence electrons. The van der Waals surface area contributed by atoms with Gasteiger partial charge in [-0.25, -0.2) is 4.39 Å². The van der Waals surface area contributed by atoms with Crippen molar-refractivity contribution in [1.29, 1.82) is 0 Å². The first kappa shape index (κ1) is 13.3. The van der Waals surface area contributed by atoms with Gasteiger partial charge in [0.15, 0.2) is 0 Å². The van der Waals surface area contributed by atoms with E-state index in [1.54, 1.807) is 30.1 Å². The van der Waals surface area contributed by atoms with Crippen molar-refractivity contribution in [1.82, 2.24) is 9.78 Å². The van der Waals surface area contributed by atoms with Crippen molar-refractivity contribution in [3.8, 4) is 0 Å². The summed E-state index contributed by atoms with van der Waals surface area (Å²) in [7, 11) is 1.68. The van der Waals surface area contributed by atoms with Crippen molar-refractivity contribution in [3.05, 3.63) is 48.0 Å². The van der Waals surface area contributed by atoms with Gasteiger partial charge in [0.2, 0.25) is 5.91 Å². The van der Waals surface area contributed by atoms with E-state index in [0.717, 1.165) is 5.56 Å². The summed E-state index contributed by atoms with van der Waals surface area (Å²) >= 11 is 0. The van der Waals surface area contributed by atoms with Crippen LogP contribution in [0.15, 0.2) is 36.7 Å². The van der Waals surface area contributed by atoms with Crippen molar-refractivity contribution in [2.45, 2.75) is 19.9 Å². The SMILES string of the molecule is Cc1cnn(CCC(=O)N(C)c2ccc(F)cc2)c1. The molecule has 19 heavy (non-hydrogen) atoms. The second kappa shape index (κ2) is 5.65. The highest BCUT2D eigenvalue weighted by Gasteiger charge is 2.11. The van der Waals surface area contributed by atoms with Gasteiger partial charge in [-0.2, -0.15) is 5.10 Å². The zero-order valence-electron chi connectivity index (χ0n) is 11.0. The minimum Gasteiger partial charge on any atom is -0.315 e. The molecular formula is C14H16FN3O. The predicted octanol–water partition coefficient (Wildman–Crippen LogP) is 2.38. The van der Waals surface area contributed by atoms with E-state index in [0.29, 0.717) is 18.7 Å². The molecule has 1 heterocycles. The normalized spacial score (nSPS) is 10.5. The van der Waals surface area contributed by atoms with Gasteiger partial charge in [0.05, 0.1) is 6.20 Å². The summed E-state index contributed by atoms with van der Waals surface area (Å²) in [4.78, 5) is 13.5. The molecule has 0 spiro atoms. The van der Waals surface area contributed by atoms with Crippen LogP contribution >= 0.6 is 0 Å². The number of amides is 1. The molecule has 0 aliphatic heterocycles. The average Bonchev–Trinajstić information content (AvgIpc) is 2.82. The van der Waals surface area contributed by atoms with Gasteiger partial charge in [0, 0.05) is 31.9 Å². The van der Waals surface area contributed by atoms with Crippen LogP contribution < -0.4 is 4.90 Å². The van der Waals surface area contributed by atoms with Gasteiger partial charge in [-0.05, 0) is 36.8 Å². The zero-order chi connectivity index (χ0) is 13.8. The fourth-order valence-electron chi connectivity index (χ4n) is 1.78. The number of aromatic nitrogens is 2. The first-order valence-electron chi connectivity index (χ1n) is 6.07. The lowest BCUT2D eigenvalue weighted by Gasteiger charge is -2.17. The van der Waals surface area contributed by atoms with Gasteiger partial charge < -0.3 is 4.90 Å². The van der Waals surface area contributed by atoms with Crippen LogP contribution in [0.2, 0.25) is 0 Å². The molecule has 1 aromatic carbocycles. The Kier molecular flexibility index (Phi) is 3.94. The Balaban J connectivity index is 1.94. The summed E-state index contributed by atoms with van der Waals surface area (Å²) in [5, 5.41) is 4.13. The molecule has 0 radical (unpaired) electrons. The van der Waals surface area contributed by atoms with Gasteiger partial charge >= 0.3 is 0 Å². The third-order valence-corrected chi connectivity index (χ3v) is 2.91. The summed E-state index contributed by atoms with van der Waals surface area (Å²) in [5.41, 5.74) is 1.75. The summed E-state index contributed by atoms with van der Waals surface area (Å²) < 4.78 is 14.5. The first-order chi connectivity index (χ1) is 9.06. The van der Waals surface area contributed by atoms with Crippen LogP contribution in [-0.2, 0) is 11.3 Å². The number of nitrogens with zero attached hydrogens (tertiary/aromatic N) is 3. The van der Waals surface area contributed by atoms with Gasteiger partial charge in [0.1, 0.15) is 5.82 Å². The number of rotatable bonds is 4. The van der Waals surface area contributed by atoms with E-state index in [1.807, 2.05) is 13.1 Å². The molecule has 5 heteroatoms. The predicted molar refractivity (Wildman–Crippen MR) is 71.4 cm³/mol. The summed E-state index contributed by atoms with van der Waals surface area (Å²) in [6.07, 6.45) is 4.01. The van der Waals surface area contributed by atoms with Gasteiger partial charge in [-0.1, -0.05) is 0 Å². The maximum absolute atomic E-state index is 12.8. The number of carbonyl (C=O) groups is 1. The largest absolute Gasteiger partial charge is 0.315 e. The van der Waals surface area contributed by atoms with Crippen LogP contribution in [0.25, 0.3) is 0 Å². The van der Waals surface area contributed by atoms with E-state index < -0.39 is 0 Å². The van der Waals surface area contributed by atoms with Crippen LogP contribution in [-0.4, -0.2) is 22.7 Å². The zero-order valence-corrected chi connectivity index (χ0v) is 11.0. The average molecular weight is 261 g/mol. The van der Waals surface area contributed by atoms with Gasteiger partial charge in [-0.15, -0.1) is 0 Å². The second-order valence-electron chi connectivity index (χ2n) is 4.46. The molecule has 0 saturated heterocycles. The number of hydrogen-bond donors (Lipinski definition) is 0. The first-order valence-corrected chi connectivity index (χ1v) is 6.07. The molecule has 4 nitrogen and oxygen atoms in total. The van der Waals surface area contributed by atoms with Crippen molar-refractivity contribution in [2.75, 3.05) is 11.9 Å². The molecule has 0 saturated carbocycles.